The molecule has 152 valence electrons. The van der Waals surface area contributed by atoms with Crippen LogP contribution in [-0.2, 0) is 4.79 Å². The number of carbonyl (C=O) groups excluding carboxylic acids is 1. The van der Waals surface area contributed by atoms with E-state index in [9.17, 15) is 4.79 Å². The number of hydrogen-bond donors (Lipinski definition) is 0. The fourth-order valence-corrected chi connectivity index (χ4v) is 5.75. The minimum atomic E-state index is 0.388. The van der Waals surface area contributed by atoms with E-state index in [0.29, 0.717) is 11.8 Å². The molecule has 0 aliphatic heterocycles. The molecule has 0 amide bonds. The summed E-state index contributed by atoms with van der Waals surface area (Å²) in [5.74, 6) is 4.05. The normalized spacial score (nSPS) is 32.5. The second kappa shape index (κ2) is 12.9. The van der Waals surface area contributed by atoms with E-state index in [4.69, 9.17) is 0 Å². The van der Waals surface area contributed by atoms with Crippen LogP contribution in [0.3, 0.4) is 0 Å². The topological polar surface area (TPSA) is 17.1 Å². The molecule has 0 spiro atoms. The van der Waals surface area contributed by atoms with Gasteiger partial charge in [-0.15, -0.1) is 0 Å². The Bertz CT molecular complexity index is 363. The largest absolute Gasteiger partial charge is 0.303 e. The van der Waals surface area contributed by atoms with Crippen LogP contribution in [0, 0.1) is 29.6 Å². The molecule has 2 aliphatic rings. The summed E-state index contributed by atoms with van der Waals surface area (Å²) in [4.78, 5) is 11.2. The highest BCUT2D eigenvalue weighted by atomic mass is 16.1. The van der Waals surface area contributed by atoms with Crippen molar-refractivity contribution in [3.63, 3.8) is 0 Å². The number of hydrogen-bond acceptors (Lipinski definition) is 1. The van der Waals surface area contributed by atoms with Gasteiger partial charge in [-0.2, -0.15) is 0 Å². The molecule has 2 fully saturated rings. The lowest BCUT2D eigenvalue weighted by molar-refractivity contribution is -0.113. The first-order valence-corrected chi connectivity index (χ1v) is 12.2. The molecule has 0 saturated heterocycles. The summed E-state index contributed by atoms with van der Waals surface area (Å²) in [6.45, 7) is 4.96. The van der Waals surface area contributed by atoms with E-state index in [-0.39, 0.29) is 0 Å². The van der Waals surface area contributed by atoms with Crippen molar-refractivity contribution >= 4 is 6.29 Å². The molecule has 5 atom stereocenters. The van der Waals surface area contributed by atoms with Crippen LogP contribution in [0.4, 0.5) is 0 Å². The molecule has 5 unspecified atom stereocenters. The van der Waals surface area contributed by atoms with Crippen molar-refractivity contribution in [3.05, 3.63) is 0 Å². The molecule has 1 nitrogen and oxygen atoms in total. The molecular formula is C25H46O. The van der Waals surface area contributed by atoms with Gasteiger partial charge in [-0.1, -0.05) is 104 Å². The predicted molar refractivity (Wildman–Crippen MR) is 113 cm³/mol. The summed E-state index contributed by atoms with van der Waals surface area (Å²) in [5.41, 5.74) is 0. The Hall–Kier alpha value is -0.330. The van der Waals surface area contributed by atoms with Crippen molar-refractivity contribution in [3.8, 4) is 0 Å². The lowest BCUT2D eigenvalue weighted by Crippen LogP contribution is -2.23. The van der Waals surface area contributed by atoms with E-state index in [2.05, 4.69) is 13.8 Å². The molecule has 2 aliphatic carbocycles. The summed E-state index contributed by atoms with van der Waals surface area (Å²) in [5, 5.41) is 0. The molecule has 0 bridgehead atoms. The first-order chi connectivity index (χ1) is 12.7. The quantitative estimate of drug-likeness (QED) is 0.254. The molecule has 26 heavy (non-hydrogen) atoms. The fraction of sp³-hybridized carbons (Fsp3) is 0.960. The van der Waals surface area contributed by atoms with E-state index >= 15 is 0 Å². The fourth-order valence-electron chi connectivity index (χ4n) is 5.75. The summed E-state index contributed by atoms with van der Waals surface area (Å²) in [6.07, 6.45) is 25.0. The number of aldehydes is 1. The van der Waals surface area contributed by atoms with Crippen LogP contribution in [0.5, 0.6) is 0 Å². The highest BCUT2D eigenvalue weighted by Gasteiger charge is 2.26. The Morgan fingerprint density at radius 2 is 1.19 bits per heavy atom. The van der Waals surface area contributed by atoms with E-state index < -0.39 is 0 Å². The third-order valence-electron chi connectivity index (χ3n) is 7.92. The van der Waals surface area contributed by atoms with Crippen molar-refractivity contribution in [2.75, 3.05) is 0 Å². The first-order valence-electron chi connectivity index (χ1n) is 12.2. The third kappa shape index (κ3) is 7.73. The highest BCUT2D eigenvalue weighted by Crippen LogP contribution is 2.37. The summed E-state index contributed by atoms with van der Waals surface area (Å²) < 4.78 is 0. The lowest BCUT2D eigenvalue weighted by atomic mass is 9.72. The molecule has 0 aromatic rings. The maximum atomic E-state index is 11.2. The molecule has 0 radical (unpaired) electrons. The van der Waals surface area contributed by atoms with Gasteiger partial charge in [-0.3, -0.25) is 0 Å². The van der Waals surface area contributed by atoms with Gasteiger partial charge in [-0.05, 0) is 42.9 Å². The maximum absolute atomic E-state index is 11.2. The van der Waals surface area contributed by atoms with Gasteiger partial charge < -0.3 is 4.79 Å². The Balaban J connectivity index is 1.38. The molecule has 0 N–H and O–H groups in total. The summed E-state index contributed by atoms with van der Waals surface area (Å²) >= 11 is 0. The van der Waals surface area contributed by atoms with E-state index in [0.717, 1.165) is 24.2 Å². The van der Waals surface area contributed by atoms with Gasteiger partial charge in [0, 0.05) is 5.92 Å². The third-order valence-corrected chi connectivity index (χ3v) is 7.92. The lowest BCUT2D eigenvalue weighted by Gasteiger charge is -2.34. The number of carbonyl (C=O) groups is 1. The minimum Gasteiger partial charge on any atom is -0.303 e. The van der Waals surface area contributed by atoms with Gasteiger partial charge in [0.15, 0.2) is 0 Å². The van der Waals surface area contributed by atoms with Crippen LogP contribution in [0.25, 0.3) is 0 Å². The van der Waals surface area contributed by atoms with Crippen LogP contribution in [-0.4, -0.2) is 6.29 Å². The van der Waals surface area contributed by atoms with Gasteiger partial charge in [0.05, 0.1) is 0 Å². The zero-order valence-corrected chi connectivity index (χ0v) is 17.9. The molecule has 2 rings (SSSR count). The monoisotopic (exact) mass is 362 g/mol. The first kappa shape index (κ1) is 22.0. The van der Waals surface area contributed by atoms with Crippen LogP contribution in [0.1, 0.15) is 123 Å². The van der Waals surface area contributed by atoms with E-state index in [1.165, 1.54) is 109 Å². The Morgan fingerprint density at radius 3 is 1.85 bits per heavy atom. The van der Waals surface area contributed by atoms with Crippen LogP contribution in [0.2, 0.25) is 0 Å². The zero-order valence-electron chi connectivity index (χ0n) is 17.9. The van der Waals surface area contributed by atoms with Crippen LogP contribution in [0.15, 0.2) is 0 Å². The SMILES string of the molecule is CC1CCCC(CCCCCCCCCCC2CCCCC2C=O)C1C. The molecule has 0 heterocycles. The number of unbranched alkanes of at least 4 members (excludes halogenated alkanes) is 7. The molecule has 1 heteroatoms. The molecule has 2 saturated carbocycles. The minimum absolute atomic E-state index is 0.388. The van der Waals surface area contributed by atoms with Gasteiger partial charge in [0.25, 0.3) is 0 Å². The smallest absolute Gasteiger partial charge is 0.123 e. The van der Waals surface area contributed by atoms with Crippen molar-refractivity contribution in [1.82, 2.24) is 0 Å². The zero-order chi connectivity index (χ0) is 18.6. The summed E-state index contributed by atoms with van der Waals surface area (Å²) in [7, 11) is 0. The van der Waals surface area contributed by atoms with Crippen LogP contribution >= 0.6 is 0 Å². The maximum Gasteiger partial charge on any atom is 0.123 e. The average Bonchev–Trinajstić information content (AvgIpc) is 2.66. The second-order valence-corrected chi connectivity index (χ2v) is 9.78. The van der Waals surface area contributed by atoms with Gasteiger partial charge >= 0.3 is 0 Å². The van der Waals surface area contributed by atoms with Crippen molar-refractivity contribution in [2.24, 2.45) is 29.6 Å². The molecule has 0 aromatic carbocycles. The molecule has 0 aromatic heterocycles. The average molecular weight is 363 g/mol. The van der Waals surface area contributed by atoms with Crippen molar-refractivity contribution < 1.29 is 4.79 Å². The Labute approximate surface area is 164 Å². The highest BCUT2D eigenvalue weighted by molar-refractivity contribution is 5.54. The Kier molecular flexibility index (Phi) is 10.9. The van der Waals surface area contributed by atoms with Crippen LogP contribution < -0.4 is 0 Å². The van der Waals surface area contributed by atoms with Gasteiger partial charge in [0.1, 0.15) is 6.29 Å². The second-order valence-electron chi connectivity index (χ2n) is 9.78. The van der Waals surface area contributed by atoms with Gasteiger partial charge in [0.2, 0.25) is 0 Å². The van der Waals surface area contributed by atoms with Crippen molar-refractivity contribution in [2.45, 2.75) is 123 Å². The summed E-state index contributed by atoms with van der Waals surface area (Å²) in [6, 6.07) is 0. The predicted octanol–water partition coefficient (Wildman–Crippen LogP) is 7.97. The standard InChI is InChI=1S/C25H46O/c1-21-14-13-19-23(22(21)2)15-9-7-5-3-4-6-8-10-16-24-17-11-12-18-25(24)20-26/h20-25H,3-19H2,1-2H3. The van der Waals surface area contributed by atoms with Crippen molar-refractivity contribution in [1.29, 1.82) is 0 Å². The Morgan fingerprint density at radius 1 is 0.654 bits per heavy atom. The van der Waals surface area contributed by atoms with E-state index in [1.54, 1.807) is 0 Å². The van der Waals surface area contributed by atoms with E-state index in [1.807, 2.05) is 0 Å². The number of rotatable bonds is 12. The van der Waals surface area contributed by atoms with Gasteiger partial charge in [-0.25, -0.2) is 0 Å². The molecular weight excluding hydrogens is 316 g/mol.